The van der Waals surface area contributed by atoms with Gasteiger partial charge in [0.2, 0.25) is 0 Å². The highest BCUT2D eigenvalue weighted by Gasteiger charge is 2.19. The monoisotopic (exact) mass is 327 g/mol. The second-order valence-electron chi connectivity index (χ2n) is 5.50. The molecule has 0 heterocycles. The van der Waals surface area contributed by atoms with Gasteiger partial charge in [0, 0.05) is 11.7 Å². The molecule has 0 spiro atoms. The van der Waals surface area contributed by atoms with Crippen LogP contribution in [0.15, 0.2) is 54.6 Å². The van der Waals surface area contributed by atoms with Gasteiger partial charge < -0.3 is 14.4 Å². The van der Waals surface area contributed by atoms with E-state index >= 15 is 0 Å². The minimum absolute atomic E-state index is 0.00454. The summed E-state index contributed by atoms with van der Waals surface area (Å²) in [5, 5.41) is 0. The van der Waals surface area contributed by atoms with Crippen LogP contribution in [-0.2, 0) is 9.53 Å². The zero-order valence-corrected chi connectivity index (χ0v) is 14.1. The summed E-state index contributed by atoms with van der Waals surface area (Å²) < 4.78 is 10.2. The molecule has 126 valence electrons. The highest BCUT2D eigenvalue weighted by atomic mass is 16.5. The lowest BCUT2D eigenvalue weighted by Crippen LogP contribution is -2.40. The number of methoxy groups -OCH3 is 1. The number of carbonyl (C=O) groups excluding carboxylic acids is 2. The Morgan fingerprint density at radius 1 is 1.04 bits per heavy atom. The molecule has 0 aliphatic heterocycles. The lowest BCUT2D eigenvalue weighted by molar-refractivity contribution is -0.120. The SMILES string of the molecule is COC(=O)c1cccc(OCC(=O)N(c2ccccc2)C(C)C)c1. The summed E-state index contributed by atoms with van der Waals surface area (Å²) in [5.74, 6) is -0.150. The maximum Gasteiger partial charge on any atom is 0.337 e. The number of nitrogens with zero attached hydrogens (tertiary/aromatic N) is 1. The molecule has 0 saturated carbocycles. The van der Waals surface area contributed by atoms with E-state index in [9.17, 15) is 9.59 Å². The van der Waals surface area contributed by atoms with Crippen molar-refractivity contribution in [3.63, 3.8) is 0 Å². The molecule has 0 aliphatic carbocycles. The number of rotatable bonds is 6. The van der Waals surface area contributed by atoms with Gasteiger partial charge in [0.05, 0.1) is 12.7 Å². The second kappa shape index (κ2) is 8.15. The van der Waals surface area contributed by atoms with Crippen LogP contribution in [-0.4, -0.2) is 31.6 Å². The third-order valence-corrected chi connectivity index (χ3v) is 3.44. The van der Waals surface area contributed by atoms with E-state index in [-0.39, 0.29) is 18.6 Å². The number of hydrogen-bond donors (Lipinski definition) is 0. The Labute approximate surface area is 141 Å². The molecule has 0 fully saturated rings. The number of anilines is 1. The van der Waals surface area contributed by atoms with Crippen molar-refractivity contribution in [2.24, 2.45) is 0 Å². The zero-order valence-electron chi connectivity index (χ0n) is 14.1. The van der Waals surface area contributed by atoms with Gasteiger partial charge >= 0.3 is 5.97 Å². The first-order valence-corrected chi connectivity index (χ1v) is 7.71. The first-order valence-electron chi connectivity index (χ1n) is 7.71. The first-order chi connectivity index (χ1) is 11.5. The predicted octanol–water partition coefficient (Wildman–Crippen LogP) is 3.29. The van der Waals surface area contributed by atoms with Crippen LogP contribution in [0.3, 0.4) is 0 Å². The number of amides is 1. The van der Waals surface area contributed by atoms with E-state index in [1.165, 1.54) is 7.11 Å². The van der Waals surface area contributed by atoms with Gasteiger partial charge in [-0.25, -0.2) is 4.79 Å². The largest absolute Gasteiger partial charge is 0.484 e. The highest BCUT2D eigenvalue weighted by Crippen LogP contribution is 2.18. The van der Waals surface area contributed by atoms with Crippen molar-refractivity contribution in [1.29, 1.82) is 0 Å². The molecule has 0 radical (unpaired) electrons. The molecule has 0 aliphatic rings. The van der Waals surface area contributed by atoms with Gasteiger partial charge in [0.25, 0.3) is 5.91 Å². The molecule has 0 N–H and O–H groups in total. The van der Waals surface area contributed by atoms with Crippen LogP contribution in [0.1, 0.15) is 24.2 Å². The van der Waals surface area contributed by atoms with Crippen molar-refractivity contribution >= 4 is 17.6 Å². The Balaban J connectivity index is 2.07. The average molecular weight is 327 g/mol. The number of esters is 1. The Bertz CT molecular complexity index is 698. The molecule has 0 saturated heterocycles. The summed E-state index contributed by atoms with van der Waals surface area (Å²) in [7, 11) is 1.32. The molecular weight excluding hydrogens is 306 g/mol. The van der Waals surface area contributed by atoms with Gasteiger partial charge in [-0.05, 0) is 44.2 Å². The molecule has 5 heteroatoms. The minimum Gasteiger partial charge on any atom is -0.484 e. The molecular formula is C19H21NO4. The van der Waals surface area contributed by atoms with Crippen LogP contribution >= 0.6 is 0 Å². The van der Waals surface area contributed by atoms with Gasteiger partial charge in [-0.15, -0.1) is 0 Å². The maximum absolute atomic E-state index is 12.5. The highest BCUT2D eigenvalue weighted by molar-refractivity contribution is 5.95. The van der Waals surface area contributed by atoms with Gasteiger partial charge in [-0.2, -0.15) is 0 Å². The molecule has 1 amide bonds. The van der Waals surface area contributed by atoms with Gasteiger partial charge in [-0.1, -0.05) is 24.3 Å². The van der Waals surface area contributed by atoms with Crippen LogP contribution < -0.4 is 9.64 Å². The van der Waals surface area contributed by atoms with Crippen LogP contribution in [0.25, 0.3) is 0 Å². The van der Waals surface area contributed by atoms with Crippen molar-refractivity contribution < 1.29 is 19.1 Å². The van der Waals surface area contributed by atoms with Crippen LogP contribution in [0.4, 0.5) is 5.69 Å². The molecule has 2 rings (SSSR count). The third kappa shape index (κ3) is 4.35. The molecule has 5 nitrogen and oxygen atoms in total. The Morgan fingerprint density at radius 3 is 2.38 bits per heavy atom. The molecule has 0 atom stereocenters. The zero-order chi connectivity index (χ0) is 17.5. The standard InChI is InChI=1S/C19H21NO4/c1-14(2)20(16-9-5-4-6-10-16)18(21)13-24-17-11-7-8-15(12-17)19(22)23-3/h4-12,14H,13H2,1-3H3. The van der Waals surface area contributed by atoms with Crippen LogP contribution in [0.2, 0.25) is 0 Å². The van der Waals surface area contributed by atoms with E-state index in [0.29, 0.717) is 11.3 Å². The predicted molar refractivity (Wildman–Crippen MR) is 92.3 cm³/mol. The summed E-state index contributed by atoms with van der Waals surface area (Å²) in [5.41, 5.74) is 1.20. The van der Waals surface area contributed by atoms with Gasteiger partial charge in [0.1, 0.15) is 5.75 Å². The second-order valence-corrected chi connectivity index (χ2v) is 5.50. The molecule has 0 aromatic heterocycles. The van der Waals surface area contributed by atoms with Crippen LogP contribution in [0.5, 0.6) is 5.75 Å². The topological polar surface area (TPSA) is 55.8 Å². The van der Waals surface area contributed by atoms with Crippen molar-refractivity contribution in [1.82, 2.24) is 0 Å². The fraction of sp³-hybridized carbons (Fsp3) is 0.263. The third-order valence-electron chi connectivity index (χ3n) is 3.44. The van der Waals surface area contributed by atoms with Crippen molar-refractivity contribution in [2.75, 3.05) is 18.6 Å². The van der Waals surface area contributed by atoms with E-state index in [4.69, 9.17) is 4.74 Å². The molecule has 2 aromatic carbocycles. The quantitative estimate of drug-likeness (QED) is 0.764. The fourth-order valence-electron chi connectivity index (χ4n) is 2.36. The minimum atomic E-state index is -0.445. The Kier molecular flexibility index (Phi) is 5.95. The average Bonchev–Trinajstić information content (AvgIpc) is 2.60. The Morgan fingerprint density at radius 2 is 1.75 bits per heavy atom. The Hall–Kier alpha value is -2.82. The van der Waals surface area contributed by atoms with Crippen molar-refractivity contribution in [3.8, 4) is 5.75 Å². The van der Waals surface area contributed by atoms with E-state index in [2.05, 4.69) is 4.74 Å². The lowest BCUT2D eigenvalue weighted by Gasteiger charge is -2.26. The lowest BCUT2D eigenvalue weighted by atomic mass is 10.2. The van der Waals surface area contributed by atoms with E-state index in [0.717, 1.165) is 5.69 Å². The van der Waals surface area contributed by atoms with E-state index in [1.807, 2.05) is 44.2 Å². The molecule has 0 unspecified atom stereocenters. The molecule has 24 heavy (non-hydrogen) atoms. The number of ether oxygens (including phenoxy) is 2. The van der Waals surface area contributed by atoms with Crippen molar-refractivity contribution in [3.05, 3.63) is 60.2 Å². The number of para-hydroxylation sites is 1. The number of benzene rings is 2. The molecule has 0 bridgehead atoms. The maximum atomic E-state index is 12.5. The van der Waals surface area contributed by atoms with Gasteiger partial charge in [-0.3, -0.25) is 4.79 Å². The smallest absolute Gasteiger partial charge is 0.337 e. The summed E-state index contributed by atoms with van der Waals surface area (Å²) in [6.45, 7) is 3.78. The molecule has 2 aromatic rings. The number of hydrogen-bond acceptors (Lipinski definition) is 4. The van der Waals surface area contributed by atoms with Crippen molar-refractivity contribution in [2.45, 2.75) is 19.9 Å². The summed E-state index contributed by atoms with van der Waals surface area (Å²) >= 11 is 0. The van der Waals surface area contributed by atoms with Gasteiger partial charge in [0.15, 0.2) is 6.61 Å². The summed E-state index contributed by atoms with van der Waals surface area (Å²) in [4.78, 5) is 25.8. The number of carbonyl (C=O) groups is 2. The summed E-state index contributed by atoms with van der Waals surface area (Å²) in [6.07, 6.45) is 0. The van der Waals surface area contributed by atoms with E-state index in [1.54, 1.807) is 29.2 Å². The summed E-state index contributed by atoms with van der Waals surface area (Å²) in [6, 6.07) is 16.0. The first kappa shape index (κ1) is 17.5. The van der Waals surface area contributed by atoms with Crippen LogP contribution in [0, 0.1) is 0 Å². The fourth-order valence-corrected chi connectivity index (χ4v) is 2.36. The normalized spacial score (nSPS) is 10.3. The van der Waals surface area contributed by atoms with E-state index < -0.39 is 5.97 Å².